The number of hydrogen-bond acceptors (Lipinski definition) is 2. The highest BCUT2D eigenvalue weighted by molar-refractivity contribution is 9.11. The summed E-state index contributed by atoms with van der Waals surface area (Å²) in [5.74, 6) is 0. The van der Waals surface area contributed by atoms with Crippen molar-refractivity contribution in [1.29, 1.82) is 0 Å². The van der Waals surface area contributed by atoms with Crippen LogP contribution in [0.4, 0.5) is 0 Å². The zero-order valence-electron chi connectivity index (χ0n) is 6.72. The van der Waals surface area contributed by atoms with Gasteiger partial charge in [0.05, 0.1) is 0 Å². The summed E-state index contributed by atoms with van der Waals surface area (Å²) < 4.78 is 1.80. The van der Waals surface area contributed by atoms with Crippen LogP contribution >= 0.6 is 31.9 Å². The molecule has 66 valence electrons. The highest BCUT2D eigenvalue weighted by atomic mass is 79.9. The molecule has 1 atom stereocenters. The Balaban J connectivity index is 3.04. The van der Waals surface area contributed by atoms with Crippen LogP contribution in [0.15, 0.2) is 21.3 Å². The molecule has 1 aromatic heterocycles. The Hall–Kier alpha value is 0.0700. The van der Waals surface area contributed by atoms with Gasteiger partial charge in [-0.3, -0.25) is 0 Å². The second-order valence-corrected chi connectivity index (χ2v) is 4.21. The van der Waals surface area contributed by atoms with Crippen molar-refractivity contribution in [3.05, 3.63) is 26.9 Å². The standard InChI is InChI=1S/C8H10Br2N2/c1-2-7(11)5-3-8(10)12-4-6(5)9/h3-4,7H,2,11H2,1H3. The summed E-state index contributed by atoms with van der Waals surface area (Å²) in [5, 5.41) is 0. The summed E-state index contributed by atoms with van der Waals surface area (Å²) in [7, 11) is 0. The summed E-state index contributed by atoms with van der Waals surface area (Å²) >= 11 is 6.71. The van der Waals surface area contributed by atoms with Crippen molar-refractivity contribution in [2.75, 3.05) is 0 Å². The molecule has 0 aliphatic heterocycles. The zero-order valence-corrected chi connectivity index (χ0v) is 9.89. The van der Waals surface area contributed by atoms with Crippen molar-refractivity contribution in [1.82, 2.24) is 4.98 Å². The minimum Gasteiger partial charge on any atom is -0.324 e. The maximum Gasteiger partial charge on any atom is 0.106 e. The van der Waals surface area contributed by atoms with Gasteiger partial charge in [-0.25, -0.2) is 4.98 Å². The predicted molar refractivity (Wildman–Crippen MR) is 56.9 cm³/mol. The van der Waals surface area contributed by atoms with Crippen LogP contribution in [0.2, 0.25) is 0 Å². The Labute approximate surface area is 88.8 Å². The number of hydrogen-bond donors (Lipinski definition) is 1. The third-order valence-electron chi connectivity index (χ3n) is 1.69. The Morgan fingerprint density at radius 3 is 2.83 bits per heavy atom. The molecule has 1 rings (SSSR count). The average Bonchev–Trinajstić information content (AvgIpc) is 2.08. The average molecular weight is 294 g/mol. The topological polar surface area (TPSA) is 38.9 Å². The van der Waals surface area contributed by atoms with Gasteiger partial charge >= 0.3 is 0 Å². The van der Waals surface area contributed by atoms with Crippen LogP contribution < -0.4 is 5.73 Å². The monoisotopic (exact) mass is 292 g/mol. The number of pyridine rings is 1. The molecule has 1 aromatic rings. The highest BCUT2D eigenvalue weighted by Gasteiger charge is 2.08. The minimum absolute atomic E-state index is 0.0821. The van der Waals surface area contributed by atoms with E-state index in [9.17, 15) is 0 Å². The summed E-state index contributed by atoms with van der Waals surface area (Å²) in [4.78, 5) is 4.07. The van der Waals surface area contributed by atoms with Crippen molar-refractivity contribution in [3.63, 3.8) is 0 Å². The lowest BCUT2D eigenvalue weighted by atomic mass is 10.1. The van der Waals surface area contributed by atoms with E-state index < -0.39 is 0 Å². The first-order chi connectivity index (χ1) is 5.65. The first-order valence-corrected chi connectivity index (χ1v) is 5.30. The van der Waals surface area contributed by atoms with Crippen LogP contribution in [0.3, 0.4) is 0 Å². The Kier molecular flexibility index (Phi) is 3.68. The molecule has 0 aliphatic carbocycles. The molecule has 4 heteroatoms. The van der Waals surface area contributed by atoms with E-state index in [1.807, 2.05) is 6.07 Å². The number of aromatic nitrogens is 1. The minimum atomic E-state index is 0.0821. The molecule has 0 fully saturated rings. The Bertz CT molecular complexity index is 276. The van der Waals surface area contributed by atoms with Crippen LogP contribution in [0.1, 0.15) is 24.9 Å². The van der Waals surface area contributed by atoms with Gasteiger partial charge in [0, 0.05) is 16.7 Å². The van der Waals surface area contributed by atoms with E-state index in [1.54, 1.807) is 6.20 Å². The van der Waals surface area contributed by atoms with Gasteiger partial charge in [0.15, 0.2) is 0 Å². The van der Waals surface area contributed by atoms with Crippen molar-refractivity contribution in [3.8, 4) is 0 Å². The molecular weight excluding hydrogens is 284 g/mol. The molecule has 2 nitrogen and oxygen atoms in total. The number of halogens is 2. The zero-order chi connectivity index (χ0) is 9.14. The number of nitrogens with zero attached hydrogens (tertiary/aromatic N) is 1. The van der Waals surface area contributed by atoms with Gasteiger partial charge in [-0.05, 0) is 49.9 Å². The van der Waals surface area contributed by atoms with Crippen LogP contribution in [0.25, 0.3) is 0 Å². The fourth-order valence-electron chi connectivity index (χ4n) is 0.931. The third-order valence-corrected chi connectivity index (χ3v) is 2.79. The lowest BCUT2D eigenvalue weighted by Crippen LogP contribution is -2.09. The molecule has 0 saturated heterocycles. The molecule has 0 aliphatic rings. The van der Waals surface area contributed by atoms with Gasteiger partial charge in [0.25, 0.3) is 0 Å². The SMILES string of the molecule is CCC(N)c1cc(Br)ncc1Br. The maximum atomic E-state index is 5.89. The first-order valence-electron chi connectivity index (χ1n) is 3.71. The summed E-state index contributed by atoms with van der Waals surface area (Å²) in [6, 6.07) is 2.02. The van der Waals surface area contributed by atoms with E-state index in [-0.39, 0.29) is 6.04 Å². The molecular formula is C8H10Br2N2. The second-order valence-electron chi connectivity index (χ2n) is 2.54. The lowest BCUT2D eigenvalue weighted by molar-refractivity contribution is 0.693. The van der Waals surface area contributed by atoms with E-state index in [1.165, 1.54) is 0 Å². The molecule has 12 heavy (non-hydrogen) atoms. The normalized spacial score (nSPS) is 13.0. The summed E-state index contributed by atoms with van der Waals surface area (Å²) in [6.07, 6.45) is 2.68. The molecule has 0 aromatic carbocycles. The van der Waals surface area contributed by atoms with E-state index >= 15 is 0 Å². The van der Waals surface area contributed by atoms with E-state index in [0.717, 1.165) is 21.1 Å². The quantitative estimate of drug-likeness (QED) is 0.852. The molecule has 1 heterocycles. The maximum absolute atomic E-state index is 5.89. The van der Waals surface area contributed by atoms with Gasteiger partial charge in [-0.1, -0.05) is 6.92 Å². The summed E-state index contributed by atoms with van der Waals surface area (Å²) in [6.45, 7) is 2.06. The van der Waals surface area contributed by atoms with Crippen LogP contribution in [-0.4, -0.2) is 4.98 Å². The van der Waals surface area contributed by atoms with Gasteiger partial charge < -0.3 is 5.73 Å². The van der Waals surface area contributed by atoms with Crippen molar-refractivity contribution in [2.45, 2.75) is 19.4 Å². The fourth-order valence-corrected chi connectivity index (χ4v) is 1.79. The second kappa shape index (κ2) is 4.35. The molecule has 0 spiro atoms. The smallest absolute Gasteiger partial charge is 0.106 e. The summed E-state index contributed by atoms with van der Waals surface area (Å²) in [5.41, 5.74) is 6.98. The molecule has 1 unspecified atom stereocenters. The van der Waals surface area contributed by atoms with Crippen LogP contribution in [0.5, 0.6) is 0 Å². The van der Waals surface area contributed by atoms with E-state index in [4.69, 9.17) is 5.73 Å². The van der Waals surface area contributed by atoms with Gasteiger partial charge in [0.1, 0.15) is 4.60 Å². The largest absolute Gasteiger partial charge is 0.324 e. The van der Waals surface area contributed by atoms with Crippen molar-refractivity contribution >= 4 is 31.9 Å². The van der Waals surface area contributed by atoms with Crippen LogP contribution in [-0.2, 0) is 0 Å². The van der Waals surface area contributed by atoms with Crippen molar-refractivity contribution in [2.24, 2.45) is 5.73 Å². The van der Waals surface area contributed by atoms with E-state index in [0.29, 0.717) is 0 Å². The molecule has 0 bridgehead atoms. The van der Waals surface area contributed by atoms with Gasteiger partial charge in [-0.15, -0.1) is 0 Å². The molecule has 2 N–H and O–H groups in total. The molecule has 0 radical (unpaired) electrons. The third kappa shape index (κ3) is 2.28. The first kappa shape index (κ1) is 10.2. The predicted octanol–water partition coefficient (Wildman–Crippen LogP) is 3.02. The molecule has 0 amide bonds. The number of nitrogens with two attached hydrogens (primary N) is 1. The Morgan fingerprint density at radius 1 is 1.58 bits per heavy atom. The molecule has 0 saturated carbocycles. The Morgan fingerprint density at radius 2 is 2.25 bits per heavy atom. The fraction of sp³-hybridized carbons (Fsp3) is 0.375. The van der Waals surface area contributed by atoms with Crippen molar-refractivity contribution < 1.29 is 0 Å². The van der Waals surface area contributed by atoms with Gasteiger partial charge in [0.2, 0.25) is 0 Å². The van der Waals surface area contributed by atoms with E-state index in [2.05, 4.69) is 43.8 Å². The lowest BCUT2D eigenvalue weighted by Gasteiger charge is -2.10. The number of rotatable bonds is 2. The highest BCUT2D eigenvalue weighted by Crippen LogP contribution is 2.25. The van der Waals surface area contributed by atoms with Gasteiger partial charge in [-0.2, -0.15) is 0 Å². The van der Waals surface area contributed by atoms with Crippen LogP contribution in [0, 0.1) is 0 Å².